The molecule has 22 heavy (non-hydrogen) atoms. The summed E-state index contributed by atoms with van der Waals surface area (Å²) < 4.78 is 5.64. The van der Waals surface area contributed by atoms with Crippen LogP contribution in [0.15, 0.2) is 48.5 Å². The number of hydrogen-bond donors (Lipinski definition) is 2. The molecule has 2 aromatic rings. The molecule has 0 saturated carbocycles. The van der Waals surface area contributed by atoms with E-state index in [-0.39, 0.29) is 6.04 Å². The van der Waals surface area contributed by atoms with E-state index in [4.69, 9.17) is 9.84 Å². The van der Waals surface area contributed by atoms with Gasteiger partial charge in [-0.25, -0.2) is 4.79 Å². The Morgan fingerprint density at radius 1 is 1.23 bits per heavy atom. The molecule has 1 unspecified atom stereocenters. The van der Waals surface area contributed by atoms with Crippen LogP contribution >= 0.6 is 0 Å². The van der Waals surface area contributed by atoms with Crippen LogP contribution in [0.3, 0.4) is 0 Å². The summed E-state index contributed by atoms with van der Waals surface area (Å²) in [7, 11) is 0. The van der Waals surface area contributed by atoms with Crippen molar-refractivity contribution in [3.63, 3.8) is 0 Å². The molecule has 0 aliphatic carbocycles. The second-order valence-corrected chi connectivity index (χ2v) is 5.08. The Hall–Kier alpha value is -2.33. The summed E-state index contributed by atoms with van der Waals surface area (Å²) in [6, 6.07) is 15.0. The summed E-state index contributed by atoms with van der Waals surface area (Å²) >= 11 is 0. The van der Waals surface area contributed by atoms with Crippen LogP contribution in [0.1, 0.15) is 41.4 Å². The molecule has 2 aromatic carbocycles. The lowest BCUT2D eigenvalue weighted by Gasteiger charge is -2.18. The number of carboxylic acids is 1. The summed E-state index contributed by atoms with van der Waals surface area (Å²) in [5.74, 6) is -0.0270. The maximum atomic E-state index is 11.0. The van der Waals surface area contributed by atoms with Crippen molar-refractivity contribution in [3.05, 3.63) is 65.2 Å². The van der Waals surface area contributed by atoms with E-state index in [0.717, 1.165) is 16.9 Å². The molecule has 4 nitrogen and oxygen atoms in total. The van der Waals surface area contributed by atoms with Crippen molar-refractivity contribution in [2.75, 3.05) is 6.61 Å². The van der Waals surface area contributed by atoms with E-state index in [1.165, 1.54) is 0 Å². The van der Waals surface area contributed by atoms with Crippen LogP contribution in [0.4, 0.5) is 0 Å². The first kappa shape index (κ1) is 16.0. The Morgan fingerprint density at radius 3 is 2.73 bits per heavy atom. The van der Waals surface area contributed by atoms with Gasteiger partial charge < -0.3 is 15.2 Å². The van der Waals surface area contributed by atoms with Gasteiger partial charge in [0.15, 0.2) is 0 Å². The Morgan fingerprint density at radius 2 is 2.00 bits per heavy atom. The number of benzene rings is 2. The first-order valence-corrected chi connectivity index (χ1v) is 7.39. The van der Waals surface area contributed by atoms with E-state index < -0.39 is 5.97 Å². The van der Waals surface area contributed by atoms with Crippen molar-refractivity contribution in [3.8, 4) is 5.75 Å². The van der Waals surface area contributed by atoms with Gasteiger partial charge in [-0.05, 0) is 37.6 Å². The average Bonchev–Trinajstić information content (AvgIpc) is 2.53. The van der Waals surface area contributed by atoms with Crippen LogP contribution in [-0.2, 0) is 6.54 Å². The van der Waals surface area contributed by atoms with Gasteiger partial charge in [-0.3, -0.25) is 0 Å². The molecule has 1 atom stereocenters. The number of nitrogens with one attached hydrogen (secondary N) is 1. The highest BCUT2D eigenvalue weighted by Crippen LogP contribution is 2.25. The van der Waals surface area contributed by atoms with E-state index in [2.05, 4.69) is 12.2 Å². The van der Waals surface area contributed by atoms with Gasteiger partial charge in [-0.1, -0.05) is 30.3 Å². The van der Waals surface area contributed by atoms with Gasteiger partial charge in [0.25, 0.3) is 0 Å². The third-order valence-electron chi connectivity index (χ3n) is 3.47. The summed E-state index contributed by atoms with van der Waals surface area (Å²) in [6.07, 6.45) is 0. The molecule has 0 spiro atoms. The first-order chi connectivity index (χ1) is 10.6. The van der Waals surface area contributed by atoms with E-state index >= 15 is 0 Å². The van der Waals surface area contributed by atoms with Crippen LogP contribution in [0, 0.1) is 0 Å². The molecule has 2 N–H and O–H groups in total. The highest BCUT2D eigenvalue weighted by Gasteiger charge is 2.11. The van der Waals surface area contributed by atoms with Crippen molar-refractivity contribution >= 4 is 5.97 Å². The second-order valence-electron chi connectivity index (χ2n) is 5.08. The highest BCUT2D eigenvalue weighted by atomic mass is 16.5. The smallest absolute Gasteiger partial charge is 0.335 e. The fraction of sp³-hybridized carbons (Fsp3) is 0.278. The summed E-state index contributed by atoms with van der Waals surface area (Å²) in [5, 5.41) is 12.4. The molecule has 0 radical (unpaired) electrons. The number of para-hydroxylation sites is 1. The van der Waals surface area contributed by atoms with Crippen molar-refractivity contribution in [1.82, 2.24) is 5.32 Å². The SMILES string of the molecule is CCOc1ccccc1C(C)NCc1cccc(C(=O)O)c1. The van der Waals surface area contributed by atoms with Crippen molar-refractivity contribution in [1.29, 1.82) is 0 Å². The van der Waals surface area contributed by atoms with E-state index in [1.807, 2.05) is 37.3 Å². The van der Waals surface area contributed by atoms with E-state index in [9.17, 15) is 4.79 Å². The third kappa shape index (κ3) is 4.09. The lowest BCUT2D eigenvalue weighted by atomic mass is 10.1. The quantitative estimate of drug-likeness (QED) is 0.819. The Bertz CT molecular complexity index is 640. The molecule has 0 bridgehead atoms. The number of rotatable bonds is 7. The van der Waals surface area contributed by atoms with Crippen LogP contribution < -0.4 is 10.1 Å². The average molecular weight is 299 g/mol. The fourth-order valence-electron chi connectivity index (χ4n) is 2.32. The molecule has 2 rings (SSSR count). The summed E-state index contributed by atoms with van der Waals surface area (Å²) in [6.45, 7) is 5.26. The number of carbonyl (C=O) groups is 1. The molecule has 116 valence electrons. The Labute approximate surface area is 130 Å². The number of aromatic carboxylic acids is 1. The lowest BCUT2D eigenvalue weighted by molar-refractivity contribution is 0.0696. The fourth-order valence-corrected chi connectivity index (χ4v) is 2.32. The summed E-state index contributed by atoms with van der Waals surface area (Å²) in [5.41, 5.74) is 2.35. The van der Waals surface area contributed by atoms with Gasteiger partial charge in [-0.15, -0.1) is 0 Å². The molecule has 0 heterocycles. The van der Waals surface area contributed by atoms with Crippen LogP contribution in [0.2, 0.25) is 0 Å². The van der Waals surface area contributed by atoms with Crippen LogP contribution in [0.5, 0.6) is 5.75 Å². The minimum Gasteiger partial charge on any atom is -0.494 e. The molecule has 4 heteroatoms. The molecular formula is C18H21NO3. The zero-order valence-electron chi connectivity index (χ0n) is 12.9. The number of hydrogen-bond acceptors (Lipinski definition) is 3. The first-order valence-electron chi connectivity index (χ1n) is 7.39. The van der Waals surface area contributed by atoms with Gasteiger partial charge >= 0.3 is 5.97 Å². The zero-order valence-corrected chi connectivity index (χ0v) is 12.9. The van der Waals surface area contributed by atoms with Gasteiger partial charge in [0.2, 0.25) is 0 Å². The molecule has 0 aliphatic rings. The van der Waals surface area contributed by atoms with E-state index in [1.54, 1.807) is 18.2 Å². The molecular weight excluding hydrogens is 278 g/mol. The maximum Gasteiger partial charge on any atom is 0.335 e. The van der Waals surface area contributed by atoms with Crippen LogP contribution in [0.25, 0.3) is 0 Å². The zero-order chi connectivity index (χ0) is 15.9. The van der Waals surface area contributed by atoms with Crippen molar-refractivity contribution in [2.24, 2.45) is 0 Å². The predicted octanol–water partition coefficient (Wildman–Crippen LogP) is 3.63. The molecule has 0 aromatic heterocycles. The van der Waals surface area contributed by atoms with Gasteiger partial charge in [-0.2, -0.15) is 0 Å². The molecule has 0 fully saturated rings. The topological polar surface area (TPSA) is 58.6 Å². The predicted molar refractivity (Wildman–Crippen MR) is 86.3 cm³/mol. The molecule has 0 amide bonds. The highest BCUT2D eigenvalue weighted by molar-refractivity contribution is 5.87. The van der Waals surface area contributed by atoms with Crippen molar-refractivity contribution in [2.45, 2.75) is 26.4 Å². The number of ether oxygens (including phenoxy) is 1. The van der Waals surface area contributed by atoms with Gasteiger partial charge in [0.1, 0.15) is 5.75 Å². The lowest BCUT2D eigenvalue weighted by Crippen LogP contribution is -2.19. The Balaban J connectivity index is 2.05. The third-order valence-corrected chi connectivity index (χ3v) is 3.47. The molecule has 0 aliphatic heterocycles. The van der Waals surface area contributed by atoms with Crippen molar-refractivity contribution < 1.29 is 14.6 Å². The minimum atomic E-state index is -0.906. The monoisotopic (exact) mass is 299 g/mol. The standard InChI is InChI=1S/C18H21NO3/c1-3-22-17-10-5-4-9-16(17)13(2)19-12-14-7-6-8-15(11-14)18(20)21/h4-11,13,19H,3,12H2,1-2H3,(H,20,21). The van der Waals surface area contributed by atoms with Crippen LogP contribution in [-0.4, -0.2) is 17.7 Å². The Kier molecular flexibility index (Phi) is 5.55. The summed E-state index contributed by atoms with van der Waals surface area (Å²) in [4.78, 5) is 11.0. The normalized spacial score (nSPS) is 11.9. The van der Waals surface area contributed by atoms with Gasteiger partial charge in [0, 0.05) is 18.2 Å². The molecule has 0 saturated heterocycles. The maximum absolute atomic E-state index is 11.0. The van der Waals surface area contributed by atoms with E-state index in [0.29, 0.717) is 18.7 Å². The minimum absolute atomic E-state index is 0.108. The number of carboxylic acid groups (broad SMARTS) is 1. The van der Waals surface area contributed by atoms with Gasteiger partial charge in [0.05, 0.1) is 12.2 Å². The second kappa shape index (κ2) is 7.61. The largest absolute Gasteiger partial charge is 0.494 e.